The van der Waals surface area contributed by atoms with E-state index in [0.717, 1.165) is 5.56 Å². The van der Waals surface area contributed by atoms with E-state index >= 15 is 0 Å². The quantitative estimate of drug-likeness (QED) is 0.167. The third-order valence-corrected chi connectivity index (χ3v) is 10.7. The number of ether oxygens (including phenoxy) is 3. The van der Waals surface area contributed by atoms with Gasteiger partial charge in [0.25, 0.3) is 12.1 Å². The van der Waals surface area contributed by atoms with E-state index in [1.54, 1.807) is 104 Å². The number of hydrogen-bond donors (Lipinski definition) is 4. The molecule has 3 aromatic carbocycles. The van der Waals surface area contributed by atoms with E-state index < -0.39 is 42.7 Å². The molecule has 0 bridgehead atoms. The number of nitrogens with zero attached hydrogens (tertiary/aromatic N) is 3. The number of aliphatic hydroxyl groups is 4. The van der Waals surface area contributed by atoms with Crippen LogP contribution in [0.1, 0.15) is 52.7 Å². The van der Waals surface area contributed by atoms with Crippen LogP contribution in [-0.4, -0.2) is 88.9 Å². The number of pyridine rings is 1. The van der Waals surface area contributed by atoms with Crippen molar-refractivity contribution in [3.8, 4) is 11.5 Å². The van der Waals surface area contributed by atoms with Crippen LogP contribution >= 0.6 is 23.2 Å². The fourth-order valence-electron chi connectivity index (χ4n) is 7.10. The molecule has 14 heteroatoms. The Hall–Kier alpha value is -4.27. The summed E-state index contributed by atoms with van der Waals surface area (Å²) in [4.78, 5) is 32.1. The molecule has 0 spiro atoms. The molecule has 1 aromatic heterocycles. The van der Waals surface area contributed by atoms with Crippen LogP contribution < -0.4 is 18.9 Å². The number of aliphatic hydroxyl groups excluding tert-OH is 4. The predicted octanol–water partition coefficient (Wildman–Crippen LogP) is 3.79. The van der Waals surface area contributed by atoms with Crippen LogP contribution in [0.2, 0.25) is 10.0 Å². The van der Waals surface area contributed by atoms with Gasteiger partial charge in [-0.15, -0.1) is 0 Å². The maximum absolute atomic E-state index is 14.6. The SMILES string of the molecule is CCN(Cc1ccc[n+](C2O[C@H](CO)[C@H](O)[C@H](O)[C@H]2O)c1)C(=O)c1ccc(Cl)c(C2(C)C(=O)N(Cc3ccc(OC)cc3OC)c3ccc(Cl)cc32)c1. The Bertz CT molecular complexity index is 2010. The van der Waals surface area contributed by atoms with Crippen LogP contribution in [0, 0.1) is 0 Å². The summed E-state index contributed by atoms with van der Waals surface area (Å²) in [5.74, 6) is 0.607. The van der Waals surface area contributed by atoms with Gasteiger partial charge in [0.15, 0.2) is 18.5 Å². The molecule has 12 nitrogen and oxygen atoms in total. The van der Waals surface area contributed by atoms with Crippen LogP contribution in [-0.2, 0) is 28.0 Å². The number of hydrogen-bond acceptors (Lipinski definition) is 9. The maximum atomic E-state index is 14.6. The molecule has 2 aliphatic heterocycles. The third-order valence-electron chi connectivity index (χ3n) is 10.1. The normalized spacial score (nSPS) is 23.8. The molecule has 1 fully saturated rings. The lowest BCUT2D eigenvalue weighted by Crippen LogP contribution is -2.62. The summed E-state index contributed by atoms with van der Waals surface area (Å²) in [5, 5.41) is 41.6. The van der Waals surface area contributed by atoms with Crippen molar-refractivity contribution in [2.75, 3.05) is 32.3 Å². The zero-order valence-electron chi connectivity index (χ0n) is 29.6. The Kier molecular flexibility index (Phi) is 11.3. The van der Waals surface area contributed by atoms with Crippen molar-refractivity contribution in [3.63, 3.8) is 0 Å². The monoisotopic (exact) mass is 766 g/mol. The summed E-state index contributed by atoms with van der Waals surface area (Å²) in [6.07, 6.45) is -3.38. The highest BCUT2D eigenvalue weighted by Crippen LogP contribution is 2.50. The number of fused-ring (bicyclic) bond motifs is 1. The minimum Gasteiger partial charge on any atom is -0.497 e. The minimum atomic E-state index is -1.54. The summed E-state index contributed by atoms with van der Waals surface area (Å²) in [6.45, 7) is 3.76. The Morgan fingerprint density at radius 2 is 1.75 bits per heavy atom. The van der Waals surface area contributed by atoms with Crippen LogP contribution in [0.3, 0.4) is 0 Å². The largest absolute Gasteiger partial charge is 0.497 e. The summed E-state index contributed by atoms with van der Waals surface area (Å²) >= 11 is 13.4. The van der Waals surface area contributed by atoms with E-state index in [-0.39, 0.29) is 24.9 Å². The fourth-order valence-corrected chi connectivity index (χ4v) is 7.58. The highest BCUT2D eigenvalue weighted by Gasteiger charge is 2.50. The number of anilines is 1. The number of benzene rings is 3. The maximum Gasteiger partial charge on any atom is 0.292 e. The lowest BCUT2D eigenvalue weighted by molar-refractivity contribution is -0.778. The van der Waals surface area contributed by atoms with E-state index in [1.165, 1.54) is 4.57 Å². The molecule has 0 saturated carbocycles. The summed E-state index contributed by atoms with van der Waals surface area (Å²) in [5.41, 5.74) is 2.19. The van der Waals surface area contributed by atoms with Crippen LogP contribution in [0.25, 0.3) is 0 Å². The van der Waals surface area contributed by atoms with Crippen LogP contribution in [0.5, 0.6) is 11.5 Å². The molecule has 0 aliphatic carbocycles. The second-order valence-electron chi connectivity index (χ2n) is 13.2. The molecule has 1 saturated heterocycles. The first-order chi connectivity index (χ1) is 25.4. The lowest BCUT2D eigenvalue weighted by atomic mass is 9.76. The van der Waals surface area contributed by atoms with Crippen molar-refractivity contribution in [3.05, 3.63) is 117 Å². The zero-order chi connectivity index (χ0) is 38.2. The molecular formula is C39H42Cl2N3O9+. The molecule has 53 heavy (non-hydrogen) atoms. The topological polar surface area (TPSA) is 153 Å². The zero-order valence-corrected chi connectivity index (χ0v) is 31.2. The van der Waals surface area contributed by atoms with E-state index in [1.807, 2.05) is 13.0 Å². The molecular weight excluding hydrogens is 725 g/mol. The average molecular weight is 768 g/mol. The number of rotatable bonds is 11. The Morgan fingerprint density at radius 1 is 0.981 bits per heavy atom. The van der Waals surface area contributed by atoms with Gasteiger partial charge < -0.3 is 44.4 Å². The first-order valence-corrected chi connectivity index (χ1v) is 17.8. The molecule has 2 amide bonds. The fraction of sp³-hybridized carbons (Fsp3) is 0.359. The smallest absolute Gasteiger partial charge is 0.292 e. The van der Waals surface area contributed by atoms with Gasteiger partial charge in [0.1, 0.15) is 35.2 Å². The Balaban J connectivity index is 1.30. The van der Waals surface area contributed by atoms with E-state index in [2.05, 4.69) is 0 Å². The van der Waals surface area contributed by atoms with Gasteiger partial charge in [0, 0.05) is 51.1 Å². The second kappa shape index (κ2) is 15.6. The van der Waals surface area contributed by atoms with E-state index in [4.69, 9.17) is 37.4 Å². The first kappa shape index (κ1) is 38.5. The molecule has 2 aliphatic rings. The van der Waals surface area contributed by atoms with E-state index in [0.29, 0.717) is 56.0 Å². The molecule has 0 radical (unpaired) electrons. The van der Waals surface area contributed by atoms with Gasteiger partial charge in [-0.05, 0) is 79.6 Å². The standard InChI is InChI=1S/C39H42Cl2N3O9/c1-5-42(18-22-7-6-14-43(19-22)37-35(48)34(47)33(46)32(21-45)53-37)36(49)23-9-12-29(41)27(15-23)39(2)28-16-25(40)10-13-30(28)44(38(39)50)20-24-8-11-26(51-3)17-31(24)52-4/h6-17,19,32-35,37,45-48H,5,18,20-21H2,1-4H3/q+1/t32-,33+,34+,35-,37?,39?/m1/s1. The van der Waals surface area contributed by atoms with Crippen molar-refractivity contribution in [1.82, 2.24) is 4.90 Å². The number of amides is 2. The highest BCUT2D eigenvalue weighted by molar-refractivity contribution is 6.33. The van der Waals surface area contributed by atoms with Gasteiger partial charge in [-0.2, -0.15) is 4.57 Å². The van der Waals surface area contributed by atoms with Crippen molar-refractivity contribution < 1.29 is 48.8 Å². The van der Waals surface area contributed by atoms with Crippen molar-refractivity contribution in [1.29, 1.82) is 0 Å². The highest BCUT2D eigenvalue weighted by atomic mass is 35.5. The number of carbonyl (C=O) groups excluding carboxylic acids is 2. The van der Waals surface area contributed by atoms with Crippen molar-refractivity contribution in [2.45, 2.75) is 63.0 Å². The third kappa shape index (κ3) is 7.08. The Labute approximate surface area is 317 Å². The summed E-state index contributed by atoms with van der Waals surface area (Å²) < 4.78 is 18.2. The predicted molar refractivity (Wildman–Crippen MR) is 196 cm³/mol. The van der Waals surface area contributed by atoms with Crippen LogP contribution in [0.4, 0.5) is 5.69 Å². The second-order valence-corrected chi connectivity index (χ2v) is 14.1. The van der Waals surface area contributed by atoms with Crippen molar-refractivity contribution in [2.24, 2.45) is 0 Å². The van der Waals surface area contributed by atoms with Gasteiger partial charge in [-0.25, -0.2) is 0 Å². The molecule has 6 atom stereocenters. The van der Waals surface area contributed by atoms with Gasteiger partial charge in [0.2, 0.25) is 5.91 Å². The molecule has 3 heterocycles. The number of aromatic nitrogens is 1. The van der Waals surface area contributed by atoms with Gasteiger partial charge in [-0.1, -0.05) is 23.2 Å². The number of carbonyl (C=O) groups is 2. The summed E-state index contributed by atoms with van der Waals surface area (Å²) in [7, 11) is 3.12. The lowest BCUT2D eigenvalue weighted by Gasteiger charge is -2.36. The van der Waals surface area contributed by atoms with Crippen molar-refractivity contribution >= 4 is 40.7 Å². The number of methoxy groups -OCH3 is 2. The van der Waals surface area contributed by atoms with Gasteiger partial charge in [0.05, 0.1) is 33.9 Å². The Morgan fingerprint density at radius 3 is 2.45 bits per heavy atom. The first-order valence-electron chi connectivity index (χ1n) is 17.1. The molecule has 6 rings (SSSR count). The van der Waals surface area contributed by atoms with Crippen LogP contribution in [0.15, 0.2) is 79.1 Å². The molecule has 4 N–H and O–H groups in total. The minimum absolute atomic E-state index is 0.164. The number of halogens is 2. The molecule has 4 aromatic rings. The molecule has 280 valence electrons. The van der Waals surface area contributed by atoms with E-state index in [9.17, 15) is 30.0 Å². The average Bonchev–Trinajstić information content (AvgIpc) is 3.37. The van der Waals surface area contributed by atoms with Gasteiger partial charge in [-0.3, -0.25) is 9.59 Å². The van der Waals surface area contributed by atoms with Gasteiger partial charge >= 0.3 is 0 Å². The molecule has 2 unspecified atom stereocenters. The summed E-state index contributed by atoms with van der Waals surface area (Å²) in [6, 6.07) is 19.1.